The number of aryl methyl sites for hydroxylation is 1. The fourth-order valence-corrected chi connectivity index (χ4v) is 1.94. The Bertz CT molecular complexity index is 666. The standard InChI is InChI=1S/C14H13N3/c1-10-5-7-11(8-6-10)13-14(15)17-9-3-2-4-12(17)16-13/h2-9H,15H2,1H3. The number of rotatable bonds is 1. The summed E-state index contributed by atoms with van der Waals surface area (Å²) >= 11 is 0. The maximum atomic E-state index is 6.11. The van der Waals surface area contributed by atoms with Crippen molar-refractivity contribution in [1.29, 1.82) is 0 Å². The third kappa shape index (κ3) is 1.56. The molecule has 0 atom stereocenters. The van der Waals surface area contributed by atoms with Gasteiger partial charge in [-0.3, -0.25) is 4.40 Å². The van der Waals surface area contributed by atoms with E-state index in [-0.39, 0.29) is 0 Å². The molecule has 0 spiro atoms. The minimum atomic E-state index is 0.685. The number of anilines is 1. The molecule has 2 N–H and O–H groups in total. The van der Waals surface area contributed by atoms with Crippen LogP contribution >= 0.6 is 0 Å². The second-order valence-electron chi connectivity index (χ2n) is 4.14. The molecule has 0 radical (unpaired) electrons. The molecule has 0 bridgehead atoms. The molecule has 17 heavy (non-hydrogen) atoms. The van der Waals surface area contributed by atoms with Gasteiger partial charge in [-0.05, 0) is 19.1 Å². The van der Waals surface area contributed by atoms with Gasteiger partial charge in [0, 0.05) is 11.8 Å². The highest BCUT2D eigenvalue weighted by Gasteiger charge is 2.09. The largest absolute Gasteiger partial charge is 0.383 e. The van der Waals surface area contributed by atoms with Crippen molar-refractivity contribution in [3.05, 3.63) is 54.2 Å². The van der Waals surface area contributed by atoms with Crippen molar-refractivity contribution in [2.24, 2.45) is 0 Å². The Kier molecular flexibility index (Phi) is 2.11. The first kappa shape index (κ1) is 9.90. The number of nitrogens with zero attached hydrogens (tertiary/aromatic N) is 2. The van der Waals surface area contributed by atoms with Crippen LogP contribution in [0, 0.1) is 6.92 Å². The summed E-state index contributed by atoms with van der Waals surface area (Å²) in [6, 6.07) is 14.1. The summed E-state index contributed by atoms with van der Waals surface area (Å²) in [5, 5.41) is 0. The molecule has 0 fully saturated rings. The second kappa shape index (κ2) is 3.63. The quantitative estimate of drug-likeness (QED) is 0.689. The van der Waals surface area contributed by atoms with Crippen LogP contribution < -0.4 is 5.73 Å². The zero-order chi connectivity index (χ0) is 11.8. The average Bonchev–Trinajstić information content (AvgIpc) is 2.69. The Labute approximate surface area is 99.5 Å². The van der Waals surface area contributed by atoms with Gasteiger partial charge in [-0.1, -0.05) is 35.9 Å². The Morgan fingerprint density at radius 2 is 1.82 bits per heavy atom. The number of hydrogen-bond donors (Lipinski definition) is 1. The van der Waals surface area contributed by atoms with Crippen LogP contribution in [0.1, 0.15) is 5.56 Å². The molecule has 0 aliphatic carbocycles. The molecule has 0 aliphatic heterocycles. The summed E-state index contributed by atoms with van der Waals surface area (Å²) in [5.41, 5.74) is 10.1. The first-order chi connectivity index (χ1) is 8.25. The van der Waals surface area contributed by atoms with Crippen molar-refractivity contribution in [1.82, 2.24) is 9.38 Å². The van der Waals surface area contributed by atoms with Gasteiger partial charge in [0.25, 0.3) is 0 Å². The van der Waals surface area contributed by atoms with Crippen LogP contribution in [-0.4, -0.2) is 9.38 Å². The first-order valence-electron chi connectivity index (χ1n) is 5.55. The van der Waals surface area contributed by atoms with Gasteiger partial charge < -0.3 is 5.73 Å². The smallest absolute Gasteiger partial charge is 0.139 e. The highest BCUT2D eigenvalue weighted by atomic mass is 15.1. The van der Waals surface area contributed by atoms with E-state index in [2.05, 4.69) is 24.0 Å². The summed E-state index contributed by atoms with van der Waals surface area (Å²) in [6.07, 6.45) is 1.93. The predicted molar refractivity (Wildman–Crippen MR) is 69.8 cm³/mol. The number of hydrogen-bond acceptors (Lipinski definition) is 2. The molecule has 3 rings (SSSR count). The fourth-order valence-electron chi connectivity index (χ4n) is 1.94. The number of pyridine rings is 1. The van der Waals surface area contributed by atoms with Crippen LogP contribution in [0.3, 0.4) is 0 Å². The van der Waals surface area contributed by atoms with E-state index >= 15 is 0 Å². The van der Waals surface area contributed by atoms with Gasteiger partial charge in [0.1, 0.15) is 17.2 Å². The lowest BCUT2D eigenvalue weighted by Crippen LogP contribution is -1.93. The van der Waals surface area contributed by atoms with Crippen LogP contribution in [0.15, 0.2) is 48.7 Å². The maximum Gasteiger partial charge on any atom is 0.139 e. The molecule has 0 unspecified atom stereocenters. The summed E-state index contributed by atoms with van der Waals surface area (Å²) in [4.78, 5) is 4.55. The molecule has 3 aromatic rings. The summed E-state index contributed by atoms with van der Waals surface area (Å²) in [7, 11) is 0. The molecular weight excluding hydrogens is 210 g/mol. The number of nitrogens with two attached hydrogens (primary N) is 1. The Morgan fingerprint density at radius 3 is 2.53 bits per heavy atom. The zero-order valence-electron chi connectivity index (χ0n) is 9.59. The van der Waals surface area contributed by atoms with Crippen molar-refractivity contribution in [3.63, 3.8) is 0 Å². The van der Waals surface area contributed by atoms with Crippen molar-refractivity contribution >= 4 is 11.5 Å². The molecule has 2 aromatic heterocycles. The lowest BCUT2D eigenvalue weighted by atomic mass is 10.1. The monoisotopic (exact) mass is 223 g/mol. The number of benzene rings is 1. The summed E-state index contributed by atoms with van der Waals surface area (Å²) in [5.74, 6) is 0.685. The third-order valence-electron chi connectivity index (χ3n) is 2.89. The van der Waals surface area contributed by atoms with Gasteiger partial charge in [-0.25, -0.2) is 4.98 Å². The minimum Gasteiger partial charge on any atom is -0.383 e. The van der Waals surface area contributed by atoms with Gasteiger partial charge in [0.2, 0.25) is 0 Å². The van der Waals surface area contributed by atoms with E-state index in [4.69, 9.17) is 5.73 Å². The van der Waals surface area contributed by atoms with Crippen LogP contribution in [0.4, 0.5) is 5.82 Å². The molecule has 2 heterocycles. The molecule has 0 amide bonds. The van der Waals surface area contributed by atoms with E-state index in [1.165, 1.54) is 5.56 Å². The summed E-state index contributed by atoms with van der Waals surface area (Å²) < 4.78 is 1.90. The fraction of sp³-hybridized carbons (Fsp3) is 0.0714. The second-order valence-corrected chi connectivity index (χ2v) is 4.14. The van der Waals surface area contributed by atoms with Crippen LogP contribution in [0.5, 0.6) is 0 Å². The molecule has 1 aromatic carbocycles. The van der Waals surface area contributed by atoms with E-state index in [0.717, 1.165) is 16.9 Å². The molecule has 84 valence electrons. The van der Waals surface area contributed by atoms with Gasteiger partial charge >= 0.3 is 0 Å². The van der Waals surface area contributed by atoms with Crippen molar-refractivity contribution in [2.75, 3.05) is 5.73 Å². The molecular formula is C14H13N3. The van der Waals surface area contributed by atoms with Crippen LogP contribution in [0.25, 0.3) is 16.9 Å². The molecule has 3 nitrogen and oxygen atoms in total. The topological polar surface area (TPSA) is 43.3 Å². The Morgan fingerprint density at radius 1 is 1.06 bits per heavy atom. The van der Waals surface area contributed by atoms with E-state index in [9.17, 15) is 0 Å². The van der Waals surface area contributed by atoms with E-state index < -0.39 is 0 Å². The zero-order valence-corrected chi connectivity index (χ0v) is 9.59. The lowest BCUT2D eigenvalue weighted by Gasteiger charge is -1.99. The van der Waals surface area contributed by atoms with E-state index in [0.29, 0.717) is 5.82 Å². The predicted octanol–water partition coefficient (Wildman–Crippen LogP) is 2.89. The number of imidazole rings is 1. The highest BCUT2D eigenvalue weighted by molar-refractivity contribution is 5.74. The third-order valence-corrected chi connectivity index (χ3v) is 2.89. The van der Waals surface area contributed by atoms with Crippen molar-refractivity contribution in [2.45, 2.75) is 6.92 Å². The van der Waals surface area contributed by atoms with Gasteiger partial charge in [-0.2, -0.15) is 0 Å². The Hall–Kier alpha value is -2.29. The van der Waals surface area contributed by atoms with Gasteiger partial charge in [0.05, 0.1) is 0 Å². The molecule has 0 saturated carbocycles. The van der Waals surface area contributed by atoms with E-state index in [1.807, 2.05) is 40.9 Å². The average molecular weight is 223 g/mol. The number of nitrogen functional groups attached to an aromatic ring is 1. The first-order valence-corrected chi connectivity index (χ1v) is 5.55. The molecule has 3 heteroatoms. The normalized spacial score (nSPS) is 10.9. The molecule has 0 aliphatic rings. The molecule has 0 saturated heterocycles. The highest BCUT2D eigenvalue weighted by Crippen LogP contribution is 2.26. The van der Waals surface area contributed by atoms with Crippen molar-refractivity contribution in [3.8, 4) is 11.3 Å². The van der Waals surface area contributed by atoms with Crippen molar-refractivity contribution < 1.29 is 0 Å². The number of aromatic nitrogens is 2. The van der Waals surface area contributed by atoms with Gasteiger partial charge in [0.15, 0.2) is 0 Å². The minimum absolute atomic E-state index is 0.685. The number of fused-ring (bicyclic) bond motifs is 1. The van der Waals surface area contributed by atoms with Crippen LogP contribution in [0.2, 0.25) is 0 Å². The van der Waals surface area contributed by atoms with Gasteiger partial charge in [-0.15, -0.1) is 0 Å². The van der Waals surface area contributed by atoms with Crippen LogP contribution in [-0.2, 0) is 0 Å². The SMILES string of the molecule is Cc1ccc(-c2nc3ccccn3c2N)cc1. The Balaban J connectivity index is 2.24. The summed E-state index contributed by atoms with van der Waals surface area (Å²) in [6.45, 7) is 2.07. The van der Waals surface area contributed by atoms with E-state index in [1.54, 1.807) is 0 Å². The lowest BCUT2D eigenvalue weighted by molar-refractivity contribution is 1.20. The maximum absolute atomic E-state index is 6.11.